The predicted molar refractivity (Wildman–Crippen MR) is 77.4 cm³/mol. The molecule has 0 aromatic rings. The predicted octanol–water partition coefficient (Wildman–Crippen LogP) is 2.14. The van der Waals surface area contributed by atoms with Gasteiger partial charge in [0.2, 0.25) is 0 Å². The fraction of sp³-hybridized carbons (Fsp3) is 0.643. The third-order valence-corrected chi connectivity index (χ3v) is 2.09. The lowest BCUT2D eigenvalue weighted by molar-refractivity contribution is -0.104. The highest BCUT2D eigenvalue weighted by Crippen LogP contribution is 2.02. The van der Waals surface area contributed by atoms with Crippen molar-refractivity contribution in [1.29, 1.82) is 0 Å². The standard InChI is InChI=1S/C10H22N2O.C4H6O/c1-6-12(7-8-13-5)10(2)9-11(3)4;1-4(2)3-5/h9H,6-8H2,1-5H3;3H,1H2,2H3/b10-9+;. The van der Waals surface area contributed by atoms with Crippen LogP contribution in [0.3, 0.4) is 0 Å². The minimum absolute atomic E-state index is 0.574. The zero-order chi connectivity index (χ0) is 14.6. The number of carbonyl (C=O) groups excluding carboxylic acids is 1. The van der Waals surface area contributed by atoms with Crippen LogP contribution in [-0.4, -0.2) is 57.0 Å². The van der Waals surface area contributed by atoms with Crippen molar-refractivity contribution >= 4 is 6.29 Å². The number of rotatable bonds is 7. The molecule has 0 N–H and O–H groups in total. The van der Waals surface area contributed by atoms with Crippen molar-refractivity contribution in [1.82, 2.24) is 9.80 Å². The topological polar surface area (TPSA) is 32.8 Å². The van der Waals surface area contributed by atoms with Gasteiger partial charge in [-0.1, -0.05) is 6.58 Å². The lowest BCUT2D eigenvalue weighted by Gasteiger charge is -2.24. The van der Waals surface area contributed by atoms with Gasteiger partial charge >= 0.3 is 0 Å². The highest BCUT2D eigenvalue weighted by molar-refractivity contribution is 5.70. The monoisotopic (exact) mass is 256 g/mol. The Kier molecular flexibility index (Phi) is 12.9. The Morgan fingerprint density at radius 3 is 2.11 bits per heavy atom. The summed E-state index contributed by atoms with van der Waals surface area (Å²) in [5.41, 5.74) is 1.86. The van der Waals surface area contributed by atoms with Crippen molar-refractivity contribution in [2.24, 2.45) is 0 Å². The summed E-state index contributed by atoms with van der Waals surface area (Å²) in [6, 6.07) is 0. The van der Waals surface area contributed by atoms with E-state index in [0.717, 1.165) is 26.0 Å². The van der Waals surface area contributed by atoms with Gasteiger partial charge in [0, 0.05) is 46.2 Å². The van der Waals surface area contributed by atoms with E-state index >= 15 is 0 Å². The number of nitrogens with zero attached hydrogens (tertiary/aromatic N) is 2. The molecule has 0 spiro atoms. The molecule has 4 heteroatoms. The third-order valence-electron chi connectivity index (χ3n) is 2.09. The Bertz CT molecular complexity index is 261. The van der Waals surface area contributed by atoms with Gasteiger partial charge < -0.3 is 14.5 Å². The number of hydrogen-bond donors (Lipinski definition) is 0. The second-order valence-electron chi connectivity index (χ2n) is 4.27. The minimum atomic E-state index is 0.574. The summed E-state index contributed by atoms with van der Waals surface area (Å²) in [5, 5.41) is 0. The van der Waals surface area contributed by atoms with Gasteiger partial charge in [-0.25, -0.2) is 0 Å². The van der Waals surface area contributed by atoms with E-state index in [0.29, 0.717) is 5.57 Å². The highest BCUT2D eigenvalue weighted by atomic mass is 16.5. The molecule has 0 aliphatic heterocycles. The molecule has 0 saturated heterocycles. The Balaban J connectivity index is 0. The molecule has 0 aliphatic carbocycles. The van der Waals surface area contributed by atoms with Crippen LogP contribution in [0.2, 0.25) is 0 Å². The van der Waals surface area contributed by atoms with E-state index in [1.807, 2.05) is 14.1 Å². The third kappa shape index (κ3) is 12.8. The molecule has 0 heterocycles. The molecule has 0 aromatic heterocycles. The van der Waals surface area contributed by atoms with Gasteiger partial charge in [0.25, 0.3) is 0 Å². The quantitative estimate of drug-likeness (QED) is 0.516. The normalized spacial score (nSPS) is 10.2. The average Bonchev–Trinajstić information content (AvgIpc) is 2.29. The van der Waals surface area contributed by atoms with Gasteiger partial charge in [0.05, 0.1) is 6.61 Å². The summed E-state index contributed by atoms with van der Waals surface area (Å²) < 4.78 is 5.05. The van der Waals surface area contributed by atoms with Crippen LogP contribution in [0.5, 0.6) is 0 Å². The zero-order valence-electron chi connectivity index (χ0n) is 12.7. The summed E-state index contributed by atoms with van der Waals surface area (Å²) in [7, 11) is 5.81. The molecule has 106 valence electrons. The highest BCUT2D eigenvalue weighted by Gasteiger charge is 2.01. The SMILES string of the molecule is C=C(C)C=O.CCN(CCOC)/C(C)=C/N(C)C. The van der Waals surface area contributed by atoms with Crippen LogP contribution in [0.25, 0.3) is 0 Å². The van der Waals surface area contributed by atoms with Gasteiger partial charge in [0.1, 0.15) is 6.29 Å². The number of likely N-dealkylation sites (N-methyl/N-ethyl adjacent to an activating group) is 1. The number of aldehydes is 1. The zero-order valence-corrected chi connectivity index (χ0v) is 12.7. The van der Waals surface area contributed by atoms with Gasteiger partial charge in [-0.05, 0) is 26.3 Å². The van der Waals surface area contributed by atoms with Crippen molar-refractivity contribution < 1.29 is 9.53 Å². The molecule has 0 radical (unpaired) electrons. The summed E-state index contributed by atoms with van der Waals surface area (Å²) >= 11 is 0. The Hall–Kier alpha value is -1.29. The molecular formula is C14H28N2O2. The fourth-order valence-electron chi connectivity index (χ4n) is 1.24. The maximum atomic E-state index is 9.41. The van der Waals surface area contributed by atoms with Crippen LogP contribution < -0.4 is 0 Å². The molecule has 0 atom stereocenters. The molecule has 0 bridgehead atoms. The first-order valence-electron chi connectivity index (χ1n) is 6.08. The molecular weight excluding hydrogens is 228 g/mol. The van der Waals surface area contributed by atoms with E-state index in [2.05, 4.69) is 36.4 Å². The van der Waals surface area contributed by atoms with Crippen molar-refractivity contribution in [2.45, 2.75) is 20.8 Å². The second kappa shape index (κ2) is 12.2. The molecule has 4 nitrogen and oxygen atoms in total. The van der Waals surface area contributed by atoms with Gasteiger partial charge in [-0.3, -0.25) is 4.79 Å². The first kappa shape index (κ1) is 19.1. The summed E-state index contributed by atoms with van der Waals surface area (Å²) in [5.74, 6) is 0. The van der Waals surface area contributed by atoms with Crippen LogP contribution in [-0.2, 0) is 9.53 Å². The first-order chi connectivity index (χ1) is 8.38. The van der Waals surface area contributed by atoms with E-state index < -0.39 is 0 Å². The van der Waals surface area contributed by atoms with E-state index in [4.69, 9.17) is 4.74 Å². The van der Waals surface area contributed by atoms with Crippen molar-refractivity contribution in [3.63, 3.8) is 0 Å². The molecule has 18 heavy (non-hydrogen) atoms. The van der Waals surface area contributed by atoms with Gasteiger partial charge in [0.15, 0.2) is 0 Å². The molecule has 0 unspecified atom stereocenters. The van der Waals surface area contributed by atoms with Gasteiger partial charge in [-0.15, -0.1) is 0 Å². The van der Waals surface area contributed by atoms with Crippen LogP contribution >= 0.6 is 0 Å². The number of ether oxygens (including phenoxy) is 1. The van der Waals surface area contributed by atoms with Crippen LogP contribution in [0.4, 0.5) is 0 Å². The molecule has 0 aliphatic rings. The number of allylic oxidation sites excluding steroid dienone is 2. The second-order valence-corrected chi connectivity index (χ2v) is 4.27. The Morgan fingerprint density at radius 1 is 1.33 bits per heavy atom. The van der Waals surface area contributed by atoms with Crippen molar-refractivity contribution in [3.8, 4) is 0 Å². The van der Waals surface area contributed by atoms with Crippen molar-refractivity contribution in [2.75, 3.05) is 40.9 Å². The van der Waals surface area contributed by atoms with Crippen molar-refractivity contribution in [3.05, 3.63) is 24.0 Å². The first-order valence-corrected chi connectivity index (χ1v) is 6.08. The summed E-state index contributed by atoms with van der Waals surface area (Å²) in [6.07, 6.45) is 2.85. The molecule has 0 saturated carbocycles. The maximum absolute atomic E-state index is 9.41. The smallest absolute Gasteiger partial charge is 0.145 e. The van der Waals surface area contributed by atoms with Crippen LogP contribution in [0, 0.1) is 0 Å². The van der Waals surface area contributed by atoms with E-state index in [1.54, 1.807) is 14.0 Å². The molecule has 0 fully saturated rings. The van der Waals surface area contributed by atoms with Crippen LogP contribution in [0.1, 0.15) is 20.8 Å². The Labute approximate surface area is 112 Å². The average molecular weight is 256 g/mol. The lowest BCUT2D eigenvalue weighted by atomic mass is 10.4. The van der Waals surface area contributed by atoms with E-state index in [1.165, 1.54) is 5.70 Å². The number of carbonyl (C=O) groups is 1. The maximum Gasteiger partial charge on any atom is 0.145 e. The molecule has 0 rings (SSSR count). The molecule has 0 amide bonds. The number of methoxy groups -OCH3 is 1. The van der Waals surface area contributed by atoms with Crippen LogP contribution in [0.15, 0.2) is 24.0 Å². The minimum Gasteiger partial charge on any atom is -0.383 e. The number of hydrogen-bond acceptors (Lipinski definition) is 4. The van der Waals surface area contributed by atoms with Gasteiger partial charge in [-0.2, -0.15) is 0 Å². The molecule has 0 aromatic carbocycles. The van der Waals surface area contributed by atoms with E-state index in [9.17, 15) is 4.79 Å². The van der Waals surface area contributed by atoms with E-state index in [-0.39, 0.29) is 0 Å². The summed E-state index contributed by atoms with van der Waals surface area (Å²) in [4.78, 5) is 13.8. The summed E-state index contributed by atoms with van der Waals surface area (Å²) in [6.45, 7) is 12.0. The largest absolute Gasteiger partial charge is 0.383 e. The fourth-order valence-corrected chi connectivity index (χ4v) is 1.24. The lowest BCUT2D eigenvalue weighted by Crippen LogP contribution is -2.26. The Morgan fingerprint density at radius 2 is 1.83 bits per heavy atom.